The van der Waals surface area contributed by atoms with Crippen molar-refractivity contribution in [2.24, 2.45) is 5.73 Å². The summed E-state index contributed by atoms with van der Waals surface area (Å²) in [6.45, 7) is -0.0434. The summed E-state index contributed by atoms with van der Waals surface area (Å²) in [7, 11) is -0.946. The Morgan fingerprint density at radius 3 is 2.84 bits per heavy atom. The minimum Gasteiger partial charge on any atom is -0.375 e. The van der Waals surface area contributed by atoms with Gasteiger partial charge in [0.1, 0.15) is 6.61 Å². The van der Waals surface area contributed by atoms with Crippen LogP contribution < -0.4 is 11.1 Å². The van der Waals surface area contributed by atoms with E-state index in [-0.39, 0.29) is 24.2 Å². The summed E-state index contributed by atoms with van der Waals surface area (Å²) < 4.78 is 30.4. The van der Waals surface area contributed by atoms with Gasteiger partial charge in [0.2, 0.25) is 21.9 Å². The van der Waals surface area contributed by atoms with Crippen molar-refractivity contribution in [3.8, 4) is 0 Å². The van der Waals surface area contributed by atoms with Crippen molar-refractivity contribution in [3.63, 3.8) is 0 Å². The molecular weight excluding hydrogens is 344 g/mol. The van der Waals surface area contributed by atoms with Crippen molar-refractivity contribution in [1.29, 1.82) is 5.41 Å². The topological polar surface area (TPSA) is 126 Å². The second-order valence-corrected chi connectivity index (χ2v) is 8.16. The fourth-order valence-electron chi connectivity index (χ4n) is 2.99. The number of rotatable bonds is 6. The van der Waals surface area contributed by atoms with Gasteiger partial charge in [-0.2, -0.15) is 0 Å². The number of guanidine groups is 1. The number of benzene rings is 1. The van der Waals surface area contributed by atoms with Crippen LogP contribution in [0.1, 0.15) is 29.9 Å². The average molecular weight is 368 g/mol. The molecule has 0 aliphatic heterocycles. The normalized spacial score (nSPS) is 16.8. The molecule has 4 N–H and O–H groups in total. The molecule has 0 aromatic heterocycles. The number of nitrogens with zero attached hydrogens (tertiary/aromatic N) is 1. The molecule has 138 valence electrons. The molecule has 0 heterocycles. The van der Waals surface area contributed by atoms with Crippen LogP contribution in [0.2, 0.25) is 0 Å². The molecule has 1 amide bonds. The average Bonchev–Trinajstić information content (AvgIpc) is 2.54. The molecule has 9 heteroatoms. The van der Waals surface area contributed by atoms with Crippen molar-refractivity contribution < 1.29 is 17.9 Å². The van der Waals surface area contributed by atoms with Crippen molar-refractivity contribution in [3.05, 3.63) is 29.3 Å². The van der Waals surface area contributed by atoms with E-state index >= 15 is 0 Å². The molecule has 0 saturated heterocycles. The predicted octanol–water partition coefficient (Wildman–Crippen LogP) is 0.846. The number of carbonyl (C=O) groups excluding carboxylic acids is 1. The van der Waals surface area contributed by atoms with Gasteiger partial charge in [-0.1, -0.05) is 6.07 Å². The minimum absolute atomic E-state index is 0.0434. The van der Waals surface area contributed by atoms with Gasteiger partial charge in [-0.3, -0.25) is 10.2 Å². The third-order valence-electron chi connectivity index (χ3n) is 4.31. The van der Waals surface area contributed by atoms with Gasteiger partial charge in [0.15, 0.2) is 0 Å². The fourth-order valence-corrected chi connectivity index (χ4v) is 4.37. The Balaban J connectivity index is 2.25. The van der Waals surface area contributed by atoms with Gasteiger partial charge in [-0.25, -0.2) is 12.7 Å². The van der Waals surface area contributed by atoms with Crippen LogP contribution in [-0.2, 0) is 26.0 Å². The standard InChI is InChI=1S/C16H24N4O4S/c1-20(16(17)18)25(22,23)10-12-5-3-4-11-6-7-13(8-14(11)12)19-15(21)9-24-2/h6-8,12H,3-5,9-10H2,1-2H3,(H3,17,18)(H,19,21). The van der Waals surface area contributed by atoms with Crippen LogP contribution in [0.5, 0.6) is 0 Å². The molecular formula is C16H24N4O4S. The highest BCUT2D eigenvalue weighted by atomic mass is 32.2. The van der Waals surface area contributed by atoms with E-state index in [1.807, 2.05) is 18.2 Å². The number of anilines is 1. The molecule has 0 saturated carbocycles. The molecule has 1 atom stereocenters. The van der Waals surface area contributed by atoms with Crippen LogP contribution in [0.15, 0.2) is 18.2 Å². The van der Waals surface area contributed by atoms with E-state index in [1.54, 1.807) is 0 Å². The van der Waals surface area contributed by atoms with Gasteiger partial charge in [0.25, 0.3) is 0 Å². The monoisotopic (exact) mass is 368 g/mol. The lowest BCUT2D eigenvalue weighted by atomic mass is 9.83. The summed E-state index contributed by atoms with van der Waals surface area (Å²) in [6, 6.07) is 5.56. The van der Waals surface area contributed by atoms with Crippen molar-refractivity contribution in [2.45, 2.75) is 25.2 Å². The largest absolute Gasteiger partial charge is 0.375 e. The number of hydrogen-bond acceptors (Lipinski definition) is 5. The molecule has 1 aromatic rings. The summed E-state index contributed by atoms with van der Waals surface area (Å²) in [5.41, 5.74) is 7.92. The van der Waals surface area contributed by atoms with Crippen LogP contribution in [-0.4, -0.2) is 51.1 Å². The van der Waals surface area contributed by atoms with Crippen LogP contribution in [0.3, 0.4) is 0 Å². The van der Waals surface area contributed by atoms with Crippen LogP contribution >= 0.6 is 0 Å². The number of fused-ring (bicyclic) bond motifs is 1. The summed E-state index contributed by atoms with van der Waals surface area (Å²) in [5.74, 6) is -1.09. The van der Waals surface area contributed by atoms with Gasteiger partial charge < -0.3 is 15.8 Å². The molecule has 1 aliphatic rings. The lowest BCUT2D eigenvalue weighted by Crippen LogP contribution is -2.40. The SMILES string of the molecule is COCC(=O)Nc1ccc2c(c1)C(CS(=O)(=O)N(C)C(=N)N)CCC2. The molecule has 25 heavy (non-hydrogen) atoms. The maximum atomic E-state index is 12.4. The lowest BCUT2D eigenvalue weighted by Gasteiger charge is -2.28. The number of methoxy groups -OCH3 is 1. The van der Waals surface area contributed by atoms with Gasteiger partial charge in [0.05, 0.1) is 5.75 Å². The van der Waals surface area contributed by atoms with Crippen molar-refractivity contribution in [1.82, 2.24) is 4.31 Å². The third-order valence-corrected chi connectivity index (χ3v) is 6.17. The Labute approximate surface area is 147 Å². The summed E-state index contributed by atoms with van der Waals surface area (Å²) in [5, 5.41) is 10.1. The number of aryl methyl sites for hydroxylation is 1. The molecule has 1 aromatic carbocycles. The molecule has 0 radical (unpaired) electrons. The highest BCUT2D eigenvalue weighted by Gasteiger charge is 2.29. The summed E-state index contributed by atoms with van der Waals surface area (Å²) >= 11 is 0. The molecule has 0 fully saturated rings. The first-order valence-electron chi connectivity index (χ1n) is 7.97. The number of nitrogens with two attached hydrogens (primary N) is 1. The highest BCUT2D eigenvalue weighted by molar-refractivity contribution is 7.89. The predicted molar refractivity (Wildman–Crippen MR) is 96.1 cm³/mol. The Morgan fingerprint density at radius 1 is 1.48 bits per heavy atom. The first kappa shape index (κ1) is 19.2. The van der Waals surface area contributed by atoms with E-state index in [4.69, 9.17) is 15.9 Å². The Kier molecular flexibility index (Phi) is 6.02. The Morgan fingerprint density at radius 2 is 2.20 bits per heavy atom. The Bertz CT molecular complexity index is 763. The lowest BCUT2D eigenvalue weighted by molar-refractivity contribution is -0.119. The third kappa shape index (κ3) is 4.70. The fraction of sp³-hybridized carbons (Fsp3) is 0.500. The van der Waals surface area contributed by atoms with E-state index in [0.29, 0.717) is 5.69 Å². The zero-order valence-corrected chi connectivity index (χ0v) is 15.2. The number of nitrogens with one attached hydrogen (secondary N) is 2. The van der Waals surface area contributed by atoms with E-state index in [9.17, 15) is 13.2 Å². The zero-order valence-electron chi connectivity index (χ0n) is 14.4. The summed E-state index contributed by atoms with van der Waals surface area (Å²) in [4.78, 5) is 11.7. The minimum atomic E-state index is -3.67. The molecule has 0 spiro atoms. The van der Waals surface area contributed by atoms with Gasteiger partial charge >= 0.3 is 0 Å². The molecule has 1 aliphatic carbocycles. The molecule has 0 bridgehead atoms. The molecule has 2 rings (SSSR count). The summed E-state index contributed by atoms with van der Waals surface area (Å²) in [6.07, 6.45) is 2.50. The first-order valence-corrected chi connectivity index (χ1v) is 9.57. The number of carbonyl (C=O) groups is 1. The van der Waals surface area contributed by atoms with E-state index in [1.165, 1.54) is 14.2 Å². The van der Waals surface area contributed by atoms with Crippen LogP contribution in [0.4, 0.5) is 5.69 Å². The maximum absolute atomic E-state index is 12.4. The highest BCUT2D eigenvalue weighted by Crippen LogP contribution is 2.34. The second-order valence-electron chi connectivity index (χ2n) is 6.12. The second kappa shape index (κ2) is 7.83. The van der Waals surface area contributed by atoms with Gasteiger partial charge in [0, 0.05) is 19.8 Å². The zero-order chi connectivity index (χ0) is 18.6. The van der Waals surface area contributed by atoms with Crippen molar-refractivity contribution >= 4 is 27.6 Å². The molecule has 8 nitrogen and oxygen atoms in total. The number of amides is 1. The Hall–Kier alpha value is -2.13. The van der Waals surface area contributed by atoms with E-state index < -0.39 is 16.0 Å². The maximum Gasteiger partial charge on any atom is 0.250 e. The van der Waals surface area contributed by atoms with E-state index in [0.717, 1.165) is 34.7 Å². The van der Waals surface area contributed by atoms with E-state index in [2.05, 4.69) is 5.32 Å². The van der Waals surface area contributed by atoms with Gasteiger partial charge in [-0.05, 0) is 48.4 Å². The van der Waals surface area contributed by atoms with Crippen molar-refractivity contribution in [2.75, 3.05) is 31.8 Å². The van der Waals surface area contributed by atoms with Crippen LogP contribution in [0.25, 0.3) is 0 Å². The van der Waals surface area contributed by atoms with Gasteiger partial charge in [-0.15, -0.1) is 0 Å². The molecule has 1 unspecified atom stereocenters. The first-order chi connectivity index (χ1) is 11.7. The smallest absolute Gasteiger partial charge is 0.250 e. The quantitative estimate of drug-likeness (QED) is 0.507. The number of sulfonamides is 1. The van der Waals surface area contributed by atoms with Crippen LogP contribution in [0, 0.1) is 5.41 Å². The number of hydrogen-bond donors (Lipinski definition) is 3. The number of ether oxygens (including phenoxy) is 1.